The number of nitrogens with zero attached hydrogens (tertiary/aromatic N) is 3. The average molecular weight is 476 g/mol. The minimum absolute atomic E-state index is 0.0556. The van der Waals surface area contributed by atoms with Crippen LogP contribution in [0.5, 0.6) is 5.75 Å². The maximum absolute atomic E-state index is 12.8. The van der Waals surface area contributed by atoms with Crippen LogP contribution in [-0.4, -0.2) is 48.7 Å². The fraction of sp³-hybridized carbons (Fsp3) is 0.286. The van der Waals surface area contributed by atoms with Crippen molar-refractivity contribution in [1.82, 2.24) is 19.9 Å². The smallest absolute Gasteiger partial charge is 0.240 e. The average Bonchev–Trinajstić information content (AvgIpc) is 3.22. The fourth-order valence-electron chi connectivity index (χ4n) is 3.40. The van der Waals surface area contributed by atoms with E-state index in [0.717, 1.165) is 5.56 Å². The van der Waals surface area contributed by atoms with Crippen LogP contribution in [-0.2, 0) is 21.2 Å². The summed E-state index contributed by atoms with van der Waals surface area (Å²) in [6.45, 7) is 3.78. The van der Waals surface area contributed by atoms with E-state index in [9.17, 15) is 13.2 Å². The van der Waals surface area contributed by atoms with Crippen LogP contribution in [0.4, 0.5) is 5.69 Å². The molecule has 1 aliphatic rings. The molecule has 0 radical (unpaired) electrons. The Morgan fingerprint density at radius 1 is 1.28 bits per heavy atom. The van der Waals surface area contributed by atoms with Gasteiger partial charge in [0.15, 0.2) is 5.82 Å². The van der Waals surface area contributed by atoms with Gasteiger partial charge in [0.2, 0.25) is 15.9 Å². The summed E-state index contributed by atoms with van der Waals surface area (Å²) in [5, 5.41) is 7.60. The van der Waals surface area contributed by atoms with E-state index in [-0.39, 0.29) is 23.5 Å². The van der Waals surface area contributed by atoms with Gasteiger partial charge in [0.1, 0.15) is 17.7 Å². The molecule has 0 saturated carbocycles. The molecule has 0 aliphatic carbocycles. The van der Waals surface area contributed by atoms with Gasteiger partial charge in [-0.05, 0) is 49.4 Å². The molecule has 1 aliphatic heterocycles. The number of amides is 1. The van der Waals surface area contributed by atoms with E-state index in [0.29, 0.717) is 41.1 Å². The second-order valence-corrected chi connectivity index (χ2v) is 9.65. The lowest BCUT2D eigenvalue weighted by atomic mass is 10.2. The Morgan fingerprint density at radius 2 is 2.03 bits per heavy atom. The van der Waals surface area contributed by atoms with Crippen LogP contribution < -0.4 is 14.4 Å². The molecular weight excluding hydrogens is 454 g/mol. The summed E-state index contributed by atoms with van der Waals surface area (Å²) < 4.78 is 33.9. The Hall–Kier alpha value is -2.95. The molecule has 0 fully saturated rings. The van der Waals surface area contributed by atoms with Gasteiger partial charge in [0.25, 0.3) is 0 Å². The zero-order valence-electron chi connectivity index (χ0n) is 17.5. The first-order valence-corrected chi connectivity index (χ1v) is 11.8. The van der Waals surface area contributed by atoms with Gasteiger partial charge in [-0.3, -0.25) is 9.89 Å². The van der Waals surface area contributed by atoms with E-state index in [2.05, 4.69) is 19.9 Å². The maximum Gasteiger partial charge on any atom is 0.240 e. The molecule has 11 heteroatoms. The summed E-state index contributed by atoms with van der Waals surface area (Å²) in [5.41, 5.74) is 1.25. The highest BCUT2D eigenvalue weighted by Crippen LogP contribution is 2.35. The van der Waals surface area contributed by atoms with E-state index >= 15 is 0 Å². The number of carbonyl (C=O) groups is 1. The number of ether oxygens (including phenoxy) is 1. The third kappa shape index (κ3) is 4.77. The van der Waals surface area contributed by atoms with E-state index in [1.165, 1.54) is 24.0 Å². The number of benzene rings is 2. The highest BCUT2D eigenvalue weighted by molar-refractivity contribution is 7.89. The van der Waals surface area contributed by atoms with Gasteiger partial charge in [0, 0.05) is 30.5 Å². The van der Waals surface area contributed by atoms with Crippen molar-refractivity contribution in [2.45, 2.75) is 31.3 Å². The molecule has 1 aromatic heterocycles. The number of H-pyrrole nitrogens is 1. The Bertz CT molecular complexity index is 1240. The number of aromatic nitrogens is 3. The zero-order chi connectivity index (χ0) is 22.9. The number of anilines is 1. The summed E-state index contributed by atoms with van der Waals surface area (Å²) in [6.07, 6.45) is 0.150. The number of hydrogen-bond donors (Lipinski definition) is 2. The van der Waals surface area contributed by atoms with Gasteiger partial charge in [-0.1, -0.05) is 11.6 Å². The van der Waals surface area contributed by atoms with Crippen molar-refractivity contribution in [3.05, 3.63) is 53.3 Å². The number of halogens is 1. The summed E-state index contributed by atoms with van der Waals surface area (Å²) in [6, 6.07) is 11.6. The molecule has 2 N–H and O–H groups in total. The SMILES string of the molecule is CC(=O)N1C[C@H](C)Oc2ccc(S(=O)(=O)NCCc3nc(-c4ccc(Cl)cc4)n[nH]3)cc21. The first-order chi connectivity index (χ1) is 15.2. The molecule has 4 rings (SSSR count). The van der Waals surface area contributed by atoms with Crippen molar-refractivity contribution in [2.75, 3.05) is 18.0 Å². The fourth-order valence-corrected chi connectivity index (χ4v) is 4.58. The van der Waals surface area contributed by atoms with Crippen LogP contribution >= 0.6 is 11.6 Å². The molecule has 2 aromatic carbocycles. The predicted molar refractivity (Wildman–Crippen MR) is 120 cm³/mol. The lowest BCUT2D eigenvalue weighted by Gasteiger charge is -2.33. The Labute approximate surface area is 190 Å². The molecule has 3 aromatic rings. The third-order valence-corrected chi connectivity index (χ3v) is 6.68. The minimum atomic E-state index is -3.80. The van der Waals surface area contributed by atoms with Gasteiger partial charge < -0.3 is 9.64 Å². The van der Waals surface area contributed by atoms with Crippen molar-refractivity contribution < 1.29 is 17.9 Å². The molecule has 0 unspecified atom stereocenters. The first kappa shape index (κ1) is 22.3. The van der Waals surface area contributed by atoms with Crippen LogP contribution in [0.2, 0.25) is 5.02 Å². The maximum atomic E-state index is 12.8. The topological polar surface area (TPSA) is 117 Å². The molecule has 168 valence electrons. The molecular formula is C21H22ClN5O4S. The van der Waals surface area contributed by atoms with Gasteiger partial charge in [-0.25, -0.2) is 18.1 Å². The normalized spacial score (nSPS) is 15.8. The summed E-state index contributed by atoms with van der Waals surface area (Å²) in [4.78, 5) is 18.0. The highest BCUT2D eigenvalue weighted by atomic mass is 35.5. The largest absolute Gasteiger partial charge is 0.487 e. The standard InChI is InChI=1S/C21H22ClN5O4S/c1-13-12-27(14(2)28)18-11-17(7-8-19(18)31-13)32(29,30)23-10-9-20-24-21(26-25-20)15-3-5-16(22)6-4-15/h3-8,11,13,23H,9-10,12H2,1-2H3,(H,24,25,26)/t13-/m0/s1. The van der Waals surface area contributed by atoms with Gasteiger partial charge in [-0.15, -0.1) is 0 Å². The van der Waals surface area contributed by atoms with Crippen molar-refractivity contribution in [1.29, 1.82) is 0 Å². The molecule has 1 atom stereocenters. The molecule has 0 saturated heterocycles. The lowest BCUT2D eigenvalue weighted by molar-refractivity contribution is -0.117. The van der Waals surface area contributed by atoms with Crippen LogP contribution in [0.15, 0.2) is 47.4 Å². The monoisotopic (exact) mass is 475 g/mol. The second-order valence-electron chi connectivity index (χ2n) is 7.45. The number of aromatic amines is 1. The summed E-state index contributed by atoms with van der Waals surface area (Å²) >= 11 is 5.89. The predicted octanol–water partition coefficient (Wildman–Crippen LogP) is 2.78. The molecule has 32 heavy (non-hydrogen) atoms. The number of hydrogen-bond acceptors (Lipinski definition) is 6. The minimum Gasteiger partial charge on any atom is -0.487 e. The van der Waals surface area contributed by atoms with Crippen LogP contribution in [0.1, 0.15) is 19.7 Å². The second kappa shape index (κ2) is 8.89. The van der Waals surface area contributed by atoms with Crippen molar-refractivity contribution in [2.24, 2.45) is 0 Å². The van der Waals surface area contributed by atoms with Crippen molar-refractivity contribution in [3.63, 3.8) is 0 Å². The van der Waals surface area contributed by atoms with Crippen LogP contribution in [0, 0.1) is 0 Å². The Kier molecular flexibility index (Phi) is 6.18. The van der Waals surface area contributed by atoms with E-state index in [1.807, 2.05) is 19.1 Å². The number of rotatable bonds is 6. The summed E-state index contributed by atoms with van der Waals surface area (Å²) in [5.74, 6) is 1.36. The first-order valence-electron chi connectivity index (χ1n) is 9.98. The number of carbonyl (C=O) groups excluding carboxylic acids is 1. The quantitative estimate of drug-likeness (QED) is 0.566. The molecule has 9 nitrogen and oxygen atoms in total. The van der Waals surface area contributed by atoms with Crippen molar-refractivity contribution in [3.8, 4) is 17.1 Å². The number of sulfonamides is 1. The molecule has 1 amide bonds. The number of nitrogens with one attached hydrogen (secondary N) is 2. The lowest BCUT2D eigenvalue weighted by Crippen LogP contribution is -2.41. The third-order valence-electron chi connectivity index (χ3n) is 4.97. The van der Waals surface area contributed by atoms with E-state index in [4.69, 9.17) is 16.3 Å². The van der Waals surface area contributed by atoms with Crippen LogP contribution in [0.3, 0.4) is 0 Å². The Balaban J connectivity index is 1.44. The van der Waals surface area contributed by atoms with Gasteiger partial charge in [-0.2, -0.15) is 5.10 Å². The molecule has 0 spiro atoms. The summed E-state index contributed by atoms with van der Waals surface area (Å²) in [7, 11) is -3.80. The number of fused-ring (bicyclic) bond motifs is 1. The van der Waals surface area contributed by atoms with E-state index < -0.39 is 10.0 Å². The molecule has 0 bridgehead atoms. The van der Waals surface area contributed by atoms with Crippen molar-refractivity contribution >= 4 is 33.2 Å². The Morgan fingerprint density at radius 3 is 2.75 bits per heavy atom. The highest BCUT2D eigenvalue weighted by Gasteiger charge is 2.27. The molecule has 2 heterocycles. The van der Waals surface area contributed by atoms with Gasteiger partial charge >= 0.3 is 0 Å². The van der Waals surface area contributed by atoms with E-state index in [1.54, 1.807) is 18.2 Å². The van der Waals surface area contributed by atoms with Gasteiger partial charge in [0.05, 0.1) is 17.1 Å². The van der Waals surface area contributed by atoms with Crippen LogP contribution in [0.25, 0.3) is 11.4 Å². The zero-order valence-corrected chi connectivity index (χ0v) is 19.1.